The lowest BCUT2D eigenvalue weighted by Gasteiger charge is -2.13. The van der Waals surface area contributed by atoms with Crippen LogP contribution < -0.4 is 10.6 Å². The van der Waals surface area contributed by atoms with Crippen molar-refractivity contribution in [2.45, 2.75) is 31.7 Å². The molecule has 6 heteroatoms. The summed E-state index contributed by atoms with van der Waals surface area (Å²) >= 11 is 0. The number of benzene rings is 2. The van der Waals surface area contributed by atoms with Gasteiger partial charge in [-0.05, 0) is 35.6 Å². The van der Waals surface area contributed by atoms with Gasteiger partial charge in [0, 0.05) is 6.04 Å². The third kappa shape index (κ3) is 4.39. The average Bonchev–Trinajstić information content (AvgIpc) is 3.09. The first-order valence-electron chi connectivity index (χ1n) is 8.78. The van der Waals surface area contributed by atoms with Crippen LogP contribution in [0.5, 0.6) is 0 Å². The standard InChI is InChI=1S/C20H22N2O4/c23-18(11-14-6-3-5-13-4-1-2-7-17(13)14)21-12-19(24)22-16-9-8-15(10-16)20(25)26/h1-7,15-16H,8-12H2,(H,21,23)(H,22,24)(H,25,26)/t15-,16+/m1/s1. The van der Waals surface area contributed by atoms with Crippen LogP contribution in [0.25, 0.3) is 10.8 Å². The maximum atomic E-state index is 12.2. The summed E-state index contributed by atoms with van der Waals surface area (Å²) in [7, 11) is 0. The van der Waals surface area contributed by atoms with Gasteiger partial charge in [-0.1, -0.05) is 42.5 Å². The third-order valence-corrected chi connectivity index (χ3v) is 4.82. The van der Waals surface area contributed by atoms with Crippen LogP contribution in [0, 0.1) is 5.92 Å². The van der Waals surface area contributed by atoms with E-state index in [0.717, 1.165) is 16.3 Å². The van der Waals surface area contributed by atoms with Crippen LogP contribution in [0.3, 0.4) is 0 Å². The molecule has 0 aliphatic heterocycles. The summed E-state index contributed by atoms with van der Waals surface area (Å²) in [5.74, 6) is -1.70. The second-order valence-corrected chi connectivity index (χ2v) is 6.70. The van der Waals surface area contributed by atoms with E-state index in [1.807, 2.05) is 42.5 Å². The van der Waals surface area contributed by atoms with E-state index >= 15 is 0 Å². The lowest BCUT2D eigenvalue weighted by molar-refractivity contribution is -0.141. The van der Waals surface area contributed by atoms with Gasteiger partial charge in [0.25, 0.3) is 0 Å². The van der Waals surface area contributed by atoms with Crippen LogP contribution in [-0.4, -0.2) is 35.5 Å². The molecule has 0 radical (unpaired) electrons. The van der Waals surface area contributed by atoms with Gasteiger partial charge in [-0.3, -0.25) is 14.4 Å². The predicted molar refractivity (Wildman–Crippen MR) is 97.6 cm³/mol. The summed E-state index contributed by atoms with van der Waals surface area (Å²) in [6.45, 7) is -0.0994. The molecular formula is C20H22N2O4. The maximum Gasteiger partial charge on any atom is 0.306 e. The first kappa shape index (κ1) is 17.9. The van der Waals surface area contributed by atoms with Gasteiger partial charge in [-0.2, -0.15) is 0 Å². The molecule has 1 aliphatic rings. The largest absolute Gasteiger partial charge is 0.481 e. The topological polar surface area (TPSA) is 95.5 Å². The van der Waals surface area contributed by atoms with E-state index in [1.54, 1.807) is 0 Å². The molecule has 3 rings (SSSR count). The van der Waals surface area contributed by atoms with E-state index in [4.69, 9.17) is 5.11 Å². The summed E-state index contributed by atoms with van der Waals surface area (Å²) in [5.41, 5.74) is 0.918. The highest BCUT2D eigenvalue weighted by Gasteiger charge is 2.30. The number of hydrogen-bond donors (Lipinski definition) is 3. The van der Waals surface area contributed by atoms with Crippen LogP contribution in [0.2, 0.25) is 0 Å². The fraction of sp³-hybridized carbons (Fsp3) is 0.350. The number of rotatable bonds is 6. The number of carbonyl (C=O) groups excluding carboxylic acids is 2. The van der Waals surface area contributed by atoms with Crippen molar-refractivity contribution in [3.8, 4) is 0 Å². The van der Waals surface area contributed by atoms with Gasteiger partial charge in [-0.25, -0.2) is 0 Å². The number of amides is 2. The lowest BCUT2D eigenvalue weighted by Crippen LogP contribution is -2.41. The van der Waals surface area contributed by atoms with Crippen LogP contribution in [-0.2, 0) is 20.8 Å². The van der Waals surface area contributed by atoms with Crippen molar-refractivity contribution in [1.82, 2.24) is 10.6 Å². The summed E-state index contributed by atoms with van der Waals surface area (Å²) < 4.78 is 0. The van der Waals surface area contributed by atoms with Gasteiger partial charge in [0.1, 0.15) is 0 Å². The fourth-order valence-electron chi connectivity index (χ4n) is 3.48. The Morgan fingerprint density at radius 2 is 1.77 bits per heavy atom. The van der Waals surface area contributed by atoms with E-state index in [1.165, 1.54) is 0 Å². The van der Waals surface area contributed by atoms with Crippen molar-refractivity contribution in [1.29, 1.82) is 0 Å². The number of hydrogen-bond acceptors (Lipinski definition) is 3. The zero-order valence-electron chi connectivity index (χ0n) is 14.4. The Labute approximate surface area is 151 Å². The van der Waals surface area contributed by atoms with Gasteiger partial charge in [0.05, 0.1) is 18.9 Å². The molecule has 26 heavy (non-hydrogen) atoms. The molecule has 2 aromatic rings. The Morgan fingerprint density at radius 1 is 1.00 bits per heavy atom. The summed E-state index contributed by atoms with van der Waals surface area (Å²) in [4.78, 5) is 35.1. The summed E-state index contributed by atoms with van der Waals surface area (Å²) in [5, 5.41) is 16.5. The summed E-state index contributed by atoms with van der Waals surface area (Å²) in [6.07, 6.45) is 1.89. The third-order valence-electron chi connectivity index (χ3n) is 4.82. The molecule has 0 aromatic heterocycles. The minimum Gasteiger partial charge on any atom is -0.481 e. The minimum atomic E-state index is -0.815. The number of carboxylic acids is 1. The number of fused-ring (bicyclic) bond motifs is 1. The monoisotopic (exact) mass is 354 g/mol. The van der Waals surface area contributed by atoms with Crippen molar-refractivity contribution in [3.63, 3.8) is 0 Å². The molecule has 2 atom stereocenters. The molecule has 0 spiro atoms. The molecule has 0 unspecified atom stereocenters. The maximum absolute atomic E-state index is 12.2. The number of nitrogens with one attached hydrogen (secondary N) is 2. The molecule has 2 amide bonds. The van der Waals surface area contributed by atoms with Gasteiger partial charge in [-0.15, -0.1) is 0 Å². The van der Waals surface area contributed by atoms with Gasteiger partial charge in [0.15, 0.2) is 0 Å². The molecule has 6 nitrogen and oxygen atoms in total. The van der Waals surface area contributed by atoms with Crippen molar-refractivity contribution in [3.05, 3.63) is 48.0 Å². The highest BCUT2D eigenvalue weighted by Crippen LogP contribution is 2.25. The zero-order valence-corrected chi connectivity index (χ0v) is 14.4. The Kier molecular flexibility index (Phi) is 5.51. The van der Waals surface area contributed by atoms with E-state index in [0.29, 0.717) is 19.3 Å². The SMILES string of the molecule is O=C(Cc1cccc2ccccc12)NCC(=O)N[C@H]1CC[C@@H](C(=O)O)C1. The van der Waals surface area contributed by atoms with Crippen LogP contribution >= 0.6 is 0 Å². The Balaban J connectivity index is 1.48. The molecule has 0 heterocycles. The van der Waals surface area contributed by atoms with Crippen molar-refractivity contribution in [2.75, 3.05) is 6.54 Å². The van der Waals surface area contributed by atoms with Crippen LogP contribution in [0.15, 0.2) is 42.5 Å². The van der Waals surface area contributed by atoms with E-state index in [-0.39, 0.29) is 36.7 Å². The second-order valence-electron chi connectivity index (χ2n) is 6.70. The first-order chi connectivity index (χ1) is 12.5. The number of carbonyl (C=O) groups is 3. The lowest BCUT2D eigenvalue weighted by atomic mass is 10.0. The smallest absolute Gasteiger partial charge is 0.306 e. The first-order valence-corrected chi connectivity index (χ1v) is 8.78. The Bertz CT molecular complexity index is 828. The number of aliphatic carboxylic acids is 1. The molecule has 0 saturated heterocycles. The second kappa shape index (κ2) is 7.99. The molecule has 1 saturated carbocycles. The van der Waals surface area contributed by atoms with Crippen LogP contribution in [0.1, 0.15) is 24.8 Å². The normalized spacial score (nSPS) is 19.2. The predicted octanol–water partition coefficient (Wildman–Crippen LogP) is 1.87. The Hall–Kier alpha value is -2.89. The fourth-order valence-corrected chi connectivity index (χ4v) is 3.48. The molecule has 1 aliphatic carbocycles. The van der Waals surface area contributed by atoms with Crippen LogP contribution in [0.4, 0.5) is 0 Å². The zero-order chi connectivity index (χ0) is 18.5. The quantitative estimate of drug-likeness (QED) is 0.738. The molecule has 3 N–H and O–H groups in total. The average molecular weight is 354 g/mol. The van der Waals surface area contributed by atoms with Gasteiger partial charge < -0.3 is 15.7 Å². The van der Waals surface area contributed by atoms with Crippen molar-refractivity contribution < 1.29 is 19.5 Å². The molecular weight excluding hydrogens is 332 g/mol. The number of carboxylic acid groups (broad SMARTS) is 1. The van der Waals surface area contributed by atoms with Crippen molar-refractivity contribution in [2.24, 2.45) is 5.92 Å². The highest BCUT2D eigenvalue weighted by atomic mass is 16.4. The van der Waals surface area contributed by atoms with E-state index in [9.17, 15) is 14.4 Å². The molecule has 0 bridgehead atoms. The molecule has 136 valence electrons. The summed E-state index contributed by atoms with van der Waals surface area (Å²) in [6, 6.07) is 13.6. The van der Waals surface area contributed by atoms with Gasteiger partial charge in [0.2, 0.25) is 11.8 Å². The van der Waals surface area contributed by atoms with E-state index < -0.39 is 5.97 Å². The molecule has 1 fully saturated rings. The highest BCUT2D eigenvalue weighted by molar-refractivity contribution is 5.91. The Morgan fingerprint density at radius 3 is 2.54 bits per heavy atom. The van der Waals surface area contributed by atoms with Gasteiger partial charge >= 0.3 is 5.97 Å². The van der Waals surface area contributed by atoms with Crippen molar-refractivity contribution >= 4 is 28.6 Å². The van der Waals surface area contributed by atoms with E-state index in [2.05, 4.69) is 10.6 Å². The minimum absolute atomic E-state index is 0.0994. The molecule has 2 aromatic carbocycles.